The van der Waals surface area contributed by atoms with Gasteiger partial charge in [0, 0.05) is 37.7 Å². The van der Waals surface area contributed by atoms with Crippen molar-refractivity contribution in [1.82, 2.24) is 14.9 Å². The van der Waals surface area contributed by atoms with Crippen LogP contribution in [0, 0.1) is 11.7 Å². The summed E-state index contributed by atoms with van der Waals surface area (Å²) in [4.78, 5) is 25.4. The first-order valence-corrected chi connectivity index (χ1v) is 10.4. The molecule has 154 valence electrons. The van der Waals surface area contributed by atoms with Gasteiger partial charge in [0.1, 0.15) is 23.7 Å². The molecule has 1 aliphatic heterocycles. The molecule has 1 aliphatic carbocycles. The summed E-state index contributed by atoms with van der Waals surface area (Å²) >= 11 is 6.03. The Morgan fingerprint density at radius 1 is 1.21 bits per heavy atom. The van der Waals surface area contributed by atoms with Crippen LogP contribution in [0.25, 0.3) is 0 Å². The Bertz CT molecular complexity index is 891. The molecule has 2 aromatic rings. The fourth-order valence-electron chi connectivity index (χ4n) is 4.13. The van der Waals surface area contributed by atoms with Crippen LogP contribution in [0.5, 0.6) is 11.6 Å². The summed E-state index contributed by atoms with van der Waals surface area (Å²) in [7, 11) is 0. The number of rotatable bonds is 4. The van der Waals surface area contributed by atoms with Crippen LogP contribution in [0.3, 0.4) is 0 Å². The molecule has 0 radical (unpaired) electrons. The van der Waals surface area contributed by atoms with Crippen molar-refractivity contribution in [3.05, 3.63) is 41.4 Å². The summed E-state index contributed by atoms with van der Waals surface area (Å²) in [5.74, 6) is 1.47. The molecule has 29 heavy (non-hydrogen) atoms. The number of amides is 1. The summed E-state index contributed by atoms with van der Waals surface area (Å²) < 4.78 is 18.9. The molecule has 1 aromatic heterocycles. The molecule has 2 aliphatic rings. The van der Waals surface area contributed by atoms with Gasteiger partial charge in [0.05, 0.1) is 5.02 Å². The summed E-state index contributed by atoms with van der Waals surface area (Å²) in [5, 5.41) is 0.179. The molecule has 1 saturated heterocycles. The van der Waals surface area contributed by atoms with Crippen LogP contribution in [-0.4, -0.2) is 46.5 Å². The molecule has 1 atom stereocenters. The molecule has 0 spiro atoms. The van der Waals surface area contributed by atoms with Crippen molar-refractivity contribution in [2.24, 2.45) is 5.92 Å². The van der Waals surface area contributed by atoms with Crippen molar-refractivity contribution >= 4 is 23.3 Å². The van der Waals surface area contributed by atoms with Crippen molar-refractivity contribution < 1.29 is 13.9 Å². The number of halogens is 2. The maximum atomic E-state index is 13.2. The molecule has 0 unspecified atom stereocenters. The number of benzene rings is 1. The molecule has 1 saturated carbocycles. The predicted molar refractivity (Wildman–Crippen MR) is 109 cm³/mol. The van der Waals surface area contributed by atoms with Gasteiger partial charge in [-0.25, -0.2) is 14.4 Å². The lowest BCUT2D eigenvalue weighted by atomic mass is 10.0. The average molecular weight is 419 g/mol. The Morgan fingerprint density at radius 3 is 2.72 bits per heavy atom. The SMILES string of the molecule is C[C@@H]1CN(c2cc(Oc3ccc(F)cc3Cl)ncn2)CCN1C(=O)C1CCCC1. The van der Waals surface area contributed by atoms with Crippen molar-refractivity contribution in [2.75, 3.05) is 24.5 Å². The quantitative estimate of drug-likeness (QED) is 0.741. The second-order valence-corrected chi connectivity index (χ2v) is 8.11. The average Bonchev–Trinajstić information content (AvgIpc) is 3.25. The Labute approximate surface area is 174 Å². The fourth-order valence-corrected chi connectivity index (χ4v) is 4.34. The van der Waals surface area contributed by atoms with E-state index in [2.05, 4.69) is 21.8 Å². The molecular formula is C21H24ClFN4O2. The van der Waals surface area contributed by atoms with Gasteiger partial charge in [-0.15, -0.1) is 0 Å². The first-order valence-electron chi connectivity index (χ1n) is 10.0. The number of ether oxygens (including phenoxy) is 1. The third kappa shape index (κ3) is 4.45. The molecule has 2 fully saturated rings. The maximum absolute atomic E-state index is 13.2. The van der Waals surface area contributed by atoms with Gasteiger partial charge in [-0.05, 0) is 38.0 Å². The van der Waals surface area contributed by atoms with E-state index in [1.165, 1.54) is 24.5 Å². The summed E-state index contributed by atoms with van der Waals surface area (Å²) in [5.41, 5.74) is 0. The minimum absolute atomic E-state index is 0.114. The lowest BCUT2D eigenvalue weighted by molar-refractivity contribution is -0.137. The van der Waals surface area contributed by atoms with Crippen LogP contribution < -0.4 is 9.64 Å². The highest BCUT2D eigenvalue weighted by molar-refractivity contribution is 6.32. The minimum Gasteiger partial charge on any atom is -0.437 e. The van der Waals surface area contributed by atoms with Crippen molar-refractivity contribution in [2.45, 2.75) is 38.6 Å². The Hall–Kier alpha value is -2.41. The molecule has 1 amide bonds. The number of piperazine rings is 1. The maximum Gasteiger partial charge on any atom is 0.226 e. The van der Waals surface area contributed by atoms with Crippen molar-refractivity contribution in [3.63, 3.8) is 0 Å². The Balaban J connectivity index is 1.43. The highest BCUT2D eigenvalue weighted by atomic mass is 35.5. The molecule has 8 heteroatoms. The van der Waals surface area contributed by atoms with E-state index in [4.69, 9.17) is 16.3 Å². The zero-order valence-electron chi connectivity index (χ0n) is 16.4. The molecule has 4 rings (SSSR count). The van der Waals surface area contributed by atoms with E-state index < -0.39 is 5.82 Å². The molecule has 0 N–H and O–H groups in total. The van der Waals surface area contributed by atoms with Crippen LogP contribution in [0.2, 0.25) is 5.02 Å². The number of aromatic nitrogens is 2. The monoisotopic (exact) mass is 418 g/mol. The van der Waals surface area contributed by atoms with E-state index in [-0.39, 0.29) is 17.0 Å². The Kier molecular flexibility index (Phi) is 5.85. The highest BCUT2D eigenvalue weighted by Gasteiger charge is 2.33. The smallest absolute Gasteiger partial charge is 0.226 e. The van der Waals surface area contributed by atoms with Crippen molar-refractivity contribution in [3.8, 4) is 11.6 Å². The van der Waals surface area contributed by atoms with E-state index in [1.807, 2.05) is 4.90 Å². The number of carbonyl (C=O) groups is 1. The number of hydrogen-bond acceptors (Lipinski definition) is 5. The van der Waals surface area contributed by atoms with Crippen LogP contribution in [0.1, 0.15) is 32.6 Å². The normalized spacial score (nSPS) is 20.2. The summed E-state index contributed by atoms with van der Waals surface area (Å²) in [6, 6.07) is 5.80. The van der Waals surface area contributed by atoms with Gasteiger partial charge in [-0.2, -0.15) is 0 Å². The van der Waals surface area contributed by atoms with Crippen molar-refractivity contribution in [1.29, 1.82) is 0 Å². The Morgan fingerprint density at radius 2 is 2.00 bits per heavy atom. The molecule has 0 bridgehead atoms. The van der Waals surface area contributed by atoms with Gasteiger partial charge in [0.15, 0.2) is 0 Å². The van der Waals surface area contributed by atoms with E-state index in [0.29, 0.717) is 37.2 Å². The fraction of sp³-hybridized carbons (Fsp3) is 0.476. The van der Waals surface area contributed by atoms with Gasteiger partial charge in [-0.1, -0.05) is 24.4 Å². The summed E-state index contributed by atoms with van der Waals surface area (Å²) in [6.45, 7) is 4.17. The van der Waals surface area contributed by atoms with E-state index in [1.54, 1.807) is 6.07 Å². The standard InChI is InChI=1S/C21H24ClFN4O2/c1-14-12-26(8-9-27(14)21(28)15-4-2-3-5-15)19-11-20(25-13-24-19)29-18-7-6-16(23)10-17(18)22/h6-7,10-11,13-15H,2-5,8-9,12H2,1H3/t14-/m1/s1. The zero-order chi connectivity index (χ0) is 20.4. The van der Waals surface area contributed by atoms with Crippen LogP contribution in [-0.2, 0) is 4.79 Å². The van der Waals surface area contributed by atoms with Crippen LogP contribution >= 0.6 is 11.6 Å². The van der Waals surface area contributed by atoms with E-state index >= 15 is 0 Å². The number of nitrogens with zero attached hydrogens (tertiary/aromatic N) is 4. The van der Waals surface area contributed by atoms with Gasteiger partial charge >= 0.3 is 0 Å². The number of anilines is 1. The third-order valence-electron chi connectivity index (χ3n) is 5.67. The lowest BCUT2D eigenvalue weighted by Crippen LogP contribution is -2.55. The zero-order valence-corrected chi connectivity index (χ0v) is 17.1. The second kappa shape index (κ2) is 8.53. The molecular weight excluding hydrogens is 395 g/mol. The topological polar surface area (TPSA) is 58.6 Å². The van der Waals surface area contributed by atoms with Gasteiger partial charge in [0.25, 0.3) is 0 Å². The van der Waals surface area contributed by atoms with E-state index in [0.717, 1.165) is 31.5 Å². The van der Waals surface area contributed by atoms with E-state index in [9.17, 15) is 9.18 Å². The third-order valence-corrected chi connectivity index (χ3v) is 5.97. The number of carbonyl (C=O) groups excluding carboxylic acids is 1. The second-order valence-electron chi connectivity index (χ2n) is 7.70. The molecule has 1 aromatic carbocycles. The van der Waals surface area contributed by atoms with Gasteiger partial charge < -0.3 is 14.5 Å². The number of hydrogen-bond donors (Lipinski definition) is 0. The predicted octanol–water partition coefficient (Wildman–Crippen LogP) is 4.29. The first kappa shape index (κ1) is 19.9. The minimum atomic E-state index is -0.426. The molecule has 2 heterocycles. The van der Waals surface area contributed by atoms with Crippen LogP contribution in [0.15, 0.2) is 30.6 Å². The lowest BCUT2D eigenvalue weighted by Gasteiger charge is -2.41. The largest absolute Gasteiger partial charge is 0.437 e. The highest BCUT2D eigenvalue weighted by Crippen LogP contribution is 2.31. The van der Waals surface area contributed by atoms with Gasteiger partial charge in [0.2, 0.25) is 11.8 Å². The van der Waals surface area contributed by atoms with Gasteiger partial charge in [-0.3, -0.25) is 4.79 Å². The first-order chi connectivity index (χ1) is 14.0. The molecule has 6 nitrogen and oxygen atoms in total. The van der Waals surface area contributed by atoms with Crippen LogP contribution in [0.4, 0.5) is 10.2 Å². The summed E-state index contributed by atoms with van der Waals surface area (Å²) in [6.07, 6.45) is 5.79.